The maximum Gasteiger partial charge on any atom is 0.334 e. The molecule has 5 aromatic heterocycles. The van der Waals surface area contributed by atoms with Crippen LogP contribution in [-0.4, -0.2) is 46.1 Å². The summed E-state index contributed by atoms with van der Waals surface area (Å²) in [6, 6.07) is 12.0. The van der Waals surface area contributed by atoms with E-state index in [2.05, 4.69) is 35.6 Å². The van der Waals surface area contributed by atoms with E-state index in [0.29, 0.717) is 23.4 Å². The predicted octanol–water partition coefficient (Wildman–Crippen LogP) is 2.84. The summed E-state index contributed by atoms with van der Waals surface area (Å²) in [6.45, 7) is 0. The van der Waals surface area contributed by atoms with Gasteiger partial charge in [0.2, 0.25) is 5.95 Å². The van der Waals surface area contributed by atoms with Crippen molar-refractivity contribution < 1.29 is 0 Å². The summed E-state index contributed by atoms with van der Waals surface area (Å²) in [5.41, 5.74) is 3.61. The second-order valence-corrected chi connectivity index (χ2v) is 8.38. The molecule has 5 heterocycles. The SMILES string of the molecule is Cn1c(=O)n(-c2ccc(N[C@H]3CC[C@H](Nc4nc5ncccc5[nH]4)C3)nc2)c2ncccc21. The molecule has 10 nitrogen and oxygen atoms in total. The third kappa shape index (κ3) is 3.49. The third-order valence-electron chi connectivity index (χ3n) is 6.21. The topological polar surface area (TPSA) is 118 Å². The first-order valence-corrected chi connectivity index (χ1v) is 11.0. The van der Waals surface area contributed by atoms with Crippen LogP contribution in [0.1, 0.15) is 19.3 Å². The molecule has 1 saturated carbocycles. The Balaban J connectivity index is 1.14. The van der Waals surface area contributed by atoms with Gasteiger partial charge in [-0.3, -0.25) is 4.57 Å². The molecule has 0 bridgehead atoms. The third-order valence-corrected chi connectivity index (χ3v) is 6.21. The summed E-state index contributed by atoms with van der Waals surface area (Å²) in [5.74, 6) is 1.55. The molecule has 0 saturated heterocycles. The van der Waals surface area contributed by atoms with Crippen molar-refractivity contribution in [2.24, 2.45) is 7.05 Å². The summed E-state index contributed by atoms with van der Waals surface area (Å²) in [6.07, 6.45) is 8.18. The lowest BCUT2D eigenvalue weighted by atomic mass is 10.2. The number of nitrogens with one attached hydrogen (secondary N) is 3. The highest BCUT2D eigenvalue weighted by Crippen LogP contribution is 2.25. The van der Waals surface area contributed by atoms with Gasteiger partial charge in [0.25, 0.3) is 0 Å². The van der Waals surface area contributed by atoms with Crippen LogP contribution in [0.4, 0.5) is 11.8 Å². The number of hydrogen-bond donors (Lipinski definition) is 3. The minimum absolute atomic E-state index is 0.142. The van der Waals surface area contributed by atoms with Gasteiger partial charge < -0.3 is 15.6 Å². The Bertz CT molecular complexity index is 1470. The normalized spacial score (nSPS) is 18.2. The molecule has 10 heteroatoms. The van der Waals surface area contributed by atoms with E-state index in [1.807, 2.05) is 36.4 Å². The summed E-state index contributed by atoms with van der Waals surface area (Å²) < 4.78 is 3.18. The number of aryl methyl sites for hydroxylation is 1. The molecule has 6 rings (SSSR count). The molecule has 5 aromatic rings. The number of rotatable bonds is 5. The lowest BCUT2D eigenvalue weighted by molar-refractivity contribution is 0.718. The van der Waals surface area contributed by atoms with Crippen molar-refractivity contribution in [1.82, 2.24) is 34.1 Å². The van der Waals surface area contributed by atoms with Crippen LogP contribution in [0, 0.1) is 0 Å². The molecular weight excluding hydrogens is 418 g/mol. The smallest absolute Gasteiger partial charge is 0.334 e. The lowest BCUT2D eigenvalue weighted by Gasteiger charge is -2.15. The predicted molar refractivity (Wildman–Crippen MR) is 127 cm³/mol. The van der Waals surface area contributed by atoms with E-state index in [4.69, 9.17) is 0 Å². The number of anilines is 2. The van der Waals surface area contributed by atoms with Gasteiger partial charge in [-0.05, 0) is 55.7 Å². The zero-order valence-electron chi connectivity index (χ0n) is 18.1. The number of pyridine rings is 3. The summed E-state index contributed by atoms with van der Waals surface area (Å²) >= 11 is 0. The molecule has 3 N–H and O–H groups in total. The molecule has 1 fully saturated rings. The first-order chi connectivity index (χ1) is 16.2. The highest BCUT2D eigenvalue weighted by Gasteiger charge is 2.25. The molecule has 166 valence electrons. The average molecular weight is 441 g/mol. The van der Waals surface area contributed by atoms with Crippen molar-refractivity contribution in [2.75, 3.05) is 10.6 Å². The Morgan fingerprint density at radius 2 is 1.82 bits per heavy atom. The van der Waals surface area contributed by atoms with Gasteiger partial charge in [-0.25, -0.2) is 24.3 Å². The second-order valence-electron chi connectivity index (χ2n) is 8.38. The van der Waals surface area contributed by atoms with Crippen LogP contribution in [0.2, 0.25) is 0 Å². The van der Waals surface area contributed by atoms with Crippen LogP contribution in [-0.2, 0) is 7.05 Å². The molecule has 0 radical (unpaired) electrons. The van der Waals surface area contributed by atoms with E-state index in [0.717, 1.165) is 47.7 Å². The summed E-state index contributed by atoms with van der Waals surface area (Å²) in [7, 11) is 1.75. The molecule has 1 aliphatic carbocycles. The maximum atomic E-state index is 12.7. The van der Waals surface area contributed by atoms with Crippen molar-refractivity contribution >= 4 is 34.1 Å². The Labute approximate surface area is 188 Å². The van der Waals surface area contributed by atoms with E-state index in [-0.39, 0.29) is 5.69 Å². The average Bonchev–Trinajstić information content (AvgIpc) is 3.52. The minimum Gasteiger partial charge on any atom is -0.367 e. The van der Waals surface area contributed by atoms with E-state index in [9.17, 15) is 4.79 Å². The number of aromatic nitrogens is 7. The van der Waals surface area contributed by atoms with Gasteiger partial charge in [0, 0.05) is 31.5 Å². The Morgan fingerprint density at radius 1 is 1.00 bits per heavy atom. The standard InChI is InChI=1S/C23H23N9O/c1-31-18-5-3-11-25-21(18)32(23(31)33)16-8-9-19(26-13-16)27-14-6-7-15(12-14)28-22-29-17-4-2-10-24-20(17)30-22/h2-5,8-11,13-15H,6-7,12H2,1H3,(H,26,27)(H2,24,28,29,30)/t14-,15-/m0/s1. The highest BCUT2D eigenvalue weighted by atomic mass is 16.1. The molecular formula is C23H23N9O. The first-order valence-electron chi connectivity index (χ1n) is 11.0. The zero-order valence-corrected chi connectivity index (χ0v) is 18.1. The largest absolute Gasteiger partial charge is 0.367 e. The summed E-state index contributed by atoms with van der Waals surface area (Å²) in [5, 5.41) is 7.00. The Kier molecular flexibility index (Phi) is 4.56. The number of fused-ring (bicyclic) bond motifs is 2. The molecule has 1 aliphatic rings. The van der Waals surface area contributed by atoms with Gasteiger partial charge in [-0.1, -0.05) is 0 Å². The first kappa shape index (κ1) is 19.5. The molecule has 0 amide bonds. The fourth-order valence-corrected chi connectivity index (χ4v) is 4.56. The fraction of sp³-hybridized carbons (Fsp3) is 0.261. The molecule has 0 aromatic carbocycles. The van der Waals surface area contributed by atoms with Crippen molar-refractivity contribution in [3.8, 4) is 5.69 Å². The quantitative estimate of drug-likeness (QED) is 0.384. The molecule has 2 atom stereocenters. The Hall–Kier alpha value is -4.21. The monoisotopic (exact) mass is 441 g/mol. The second kappa shape index (κ2) is 7.73. The van der Waals surface area contributed by atoms with Gasteiger partial charge in [-0.15, -0.1) is 0 Å². The van der Waals surface area contributed by atoms with Crippen molar-refractivity contribution in [1.29, 1.82) is 0 Å². The number of H-pyrrole nitrogens is 1. The number of hydrogen-bond acceptors (Lipinski definition) is 7. The Morgan fingerprint density at radius 3 is 2.64 bits per heavy atom. The zero-order chi connectivity index (χ0) is 22.4. The molecule has 0 aliphatic heterocycles. The fourth-order valence-electron chi connectivity index (χ4n) is 4.56. The van der Waals surface area contributed by atoms with E-state index >= 15 is 0 Å². The van der Waals surface area contributed by atoms with E-state index in [1.165, 1.54) is 0 Å². The van der Waals surface area contributed by atoms with Gasteiger partial charge in [0.05, 0.1) is 22.9 Å². The van der Waals surface area contributed by atoms with Crippen molar-refractivity contribution in [3.63, 3.8) is 0 Å². The number of imidazole rings is 2. The van der Waals surface area contributed by atoms with Crippen LogP contribution >= 0.6 is 0 Å². The van der Waals surface area contributed by atoms with Crippen molar-refractivity contribution in [2.45, 2.75) is 31.3 Å². The van der Waals surface area contributed by atoms with Gasteiger partial charge in [-0.2, -0.15) is 4.98 Å². The maximum absolute atomic E-state index is 12.7. The van der Waals surface area contributed by atoms with Crippen LogP contribution in [0.3, 0.4) is 0 Å². The summed E-state index contributed by atoms with van der Waals surface area (Å²) in [4.78, 5) is 33.7. The van der Waals surface area contributed by atoms with Gasteiger partial charge in [0.1, 0.15) is 5.82 Å². The molecule has 0 unspecified atom stereocenters. The van der Waals surface area contributed by atoms with Crippen molar-refractivity contribution in [3.05, 3.63) is 65.5 Å². The van der Waals surface area contributed by atoms with Crippen LogP contribution in [0.5, 0.6) is 0 Å². The van der Waals surface area contributed by atoms with Gasteiger partial charge >= 0.3 is 5.69 Å². The van der Waals surface area contributed by atoms with Crippen LogP contribution in [0.25, 0.3) is 28.0 Å². The highest BCUT2D eigenvalue weighted by molar-refractivity contribution is 5.74. The number of aromatic amines is 1. The number of nitrogens with zero attached hydrogens (tertiary/aromatic N) is 6. The van der Waals surface area contributed by atoms with E-state index < -0.39 is 0 Å². The van der Waals surface area contributed by atoms with Gasteiger partial charge in [0.15, 0.2) is 11.3 Å². The molecule has 0 spiro atoms. The van der Waals surface area contributed by atoms with Crippen LogP contribution in [0.15, 0.2) is 59.8 Å². The lowest BCUT2D eigenvalue weighted by Crippen LogP contribution is -2.22. The minimum atomic E-state index is -0.142. The van der Waals surface area contributed by atoms with Crippen LogP contribution < -0.4 is 16.3 Å². The molecule has 33 heavy (non-hydrogen) atoms. The van der Waals surface area contributed by atoms with E-state index in [1.54, 1.807) is 34.8 Å².